The molecule has 9 heteroatoms. The van der Waals surface area contributed by atoms with E-state index in [2.05, 4.69) is 50.1 Å². The third kappa shape index (κ3) is 6.58. The molecular formula is C22H27F3N2O4. The van der Waals surface area contributed by atoms with Crippen molar-refractivity contribution in [3.63, 3.8) is 0 Å². The van der Waals surface area contributed by atoms with Gasteiger partial charge in [-0.2, -0.15) is 13.2 Å². The first-order valence-corrected chi connectivity index (χ1v) is 9.91. The van der Waals surface area contributed by atoms with E-state index in [0.29, 0.717) is 17.6 Å². The number of carbonyl (C=O) groups excluding carboxylic acids is 1. The third-order valence-electron chi connectivity index (χ3n) is 5.41. The molecule has 1 fully saturated rings. The summed E-state index contributed by atoms with van der Waals surface area (Å²) in [5.41, 5.74) is 1.91. The highest BCUT2D eigenvalue weighted by Crippen LogP contribution is 2.28. The van der Waals surface area contributed by atoms with E-state index in [1.54, 1.807) is 18.6 Å². The maximum Gasteiger partial charge on any atom is 0.490 e. The molecule has 2 atom stereocenters. The fourth-order valence-corrected chi connectivity index (χ4v) is 3.60. The summed E-state index contributed by atoms with van der Waals surface area (Å²) < 4.78 is 36.8. The Bertz CT molecular complexity index is 838. The zero-order valence-corrected chi connectivity index (χ0v) is 17.7. The van der Waals surface area contributed by atoms with Crippen molar-refractivity contribution in [2.75, 3.05) is 13.6 Å². The van der Waals surface area contributed by atoms with E-state index in [1.807, 2.05) is 11.0 Å². The van der Waals surface area contributed by atoms with Gasteiger partial charge in [-0.15, -0.1) is 0 Å². The van der Waals surface area contributed by atoms with Crippen molar-refractivity contribution >= 4 is 11.9 Å². The molecule has 3 rings (SSSR count). The van der Waals surface area contributed by atoms with Gasteiger partial charge in [0.1, 0.15) is 6.26 Å². The number of hydrogen-bond acceptors (Lipinski definition) is 4. The second kappa shape index (κ2) is 10.5. The number of aliphatic carboxylic acids is 1. The van der Waals surface area contributed by atoms with Gasteiger partial charge in [0.2, 0.25) is 0 Å². The minimum absolute atomic E-state index is 0.0735. The van der Waals surface area contributed by atoms with Gasteiger partial charge in [0.15, 0.2) is 0 Å². The molecule has 6 nitrogen and oxygen atoms in total. The quantitative estimate of drug-likeness (QED) is 0.759. The first-order chi connectivity index (χ1) is 14.5. The second-order valence-electron chi connectivity index (χ2n) is 7.69. The molecule has 1 aliphatic heterocycles. The van der Waals surface area contributed by atoms with Gasteiger partial charge in [-0.25, -0.2) is 4.79 Å². The van der Waals surface area contributed by atoms with Crippen LogP contribution in [-0.4, -0.2) is 64.7 Å². The smallest absolute Gasteiger partial charge is 0.475 e. The molecule has 2 heterocycles. The first-order valence-electron chi connectivity index (χ1n) is 9.91. The van der Waals surface area contributed by atoms with E-state index in [1.165, 1.54) is 5.56 Å². The molecule has 1 aromatic heterocycles. The fourth-order valence-electron chi connectivity index (χ4n) is 3.60. The molecule has 1 aromatic carbocycles. The number of benzene rings is 1. The summed E-state index contributed by atoms with van der Waals surface area (Å²) in [7, 11) is 2.17. The highest BCUT2D eigenvalue weighted by Gasteiger charge is 2.40. The predicted octanol–water partition coefficient (Wildman–Crippen LogP) is 4.08. The second-order valence-corrected chi connectivity index (χ2v) is 7.69. The van der Waals surface area contributed by atoms with Crippen LogP contribution in [0.4, 0.5) is 13.2 Å². The Hall–Kier alpha value is -2.81. The molecule has 0 aliphatic carbocycles. The molecule has 0 unspecified atom stereocenters. The molecule has 31 heavy (non-hydrogen) atoms. The van der Waals surface area contributed by atoms with Crippen molar-refractivity contribution in [2.24, 2.45) is 0 Å². The van der Waals surface area contributed by atoms with Crippen LogP contribution in [0.25, 0.3) is 0 Å². The van der Waals surface area contributed by atoms with Crippen molar-refractivity contribution in [2.45, 2.75) is 51.0 Å². The number of alkyl halides is 3. The number of furan rings is 1. The topological polar surface area (TPSA) is 74.0 Å². The van der Waals surface area contributed by atoms with Crippen molar-refractivity contribution in [3.05, 3.63) is 60.1 Å². The SMILES string of the molecule is CC(C)N(C)[C@@H]1CCN(C(=O)c2ccoc2)[C@H]1Cc1ccccc1.O=C(O)C(F)(F)F. The van der Waals surface area contributed by atoms with E-state index in [-0.39, 0.29) is 11.9 Å². The van der Waals surface area contributed by atoms with E-state index < -0.39 is 12.1 Å². The van der Waals surface area contributed by atoms with Gasteiger partial charge in [-0.1, -0.05) is 30.3 Å². The number of halogens is 3. The van der Waals surface area contributed by atoms with Gasteiger partial charge >= 0.3 is 12.1 Å². The van der Waals surface area contributed by atoms with Crippen LogP contribution in [0.1, 0.15) is 36.2 Å². The standard InChI is InChI=1S/C20H26N2O2.C2HF3O2/c1-15(2)21(3)18-9-11-22(20(23)17-10-12-24-14-17)19(18)13-16-7-5-4-6-8-16;3-2(4,5)1(6)7/h4-8,10,12,14-15,18-19H,9,11,13H2,1-3H3;(H,6,7)/t18-,19+;/m1./s1. The molecule has 0 saturated carbocycles. The number of likely N-dealkylation sites (N-methyl/N-ethyl adjacent to an activating group) is 1. The summed E-state index contributed by atoms with van der Waals surface area (Å²) >= 11 is 0. The van der Waals surface area contributed by atoms with Crippen LogP contribution in [0.5, 0.6) is 0 Å². The Morgan fingerprint density at radius 3 is 2.32 bits per heavy atom. The molecule has 0 bridgehead atoms. The Morgan fingerprint density at radius 1 is 1.23 bits per heavy atom. The lowest BCUT2D eigenvalue weighted by molar-refractivity contribution is -0.192. The maximum atomic E-state index is 12.9. The zero-order valence-electron chi connectivity index (χ0n) is 17.7. The molecule has 1 amide bonds. The lowest BCUT2D eigenvalue weighted by atomic mass is 9.98. The predicted molar refractivity (Wildman–Crippen MR) is 109 cm³/mol. The monoisotopic (exact) mass is 440 g/mol. The van der Waals surface area contributed by atoms with Gasteiger partial charge < -0.3 is 14.4 Å². The number of hydrogen-bond donors (Lipinski definition) is 1. The molecular weight excluding hydrogens is 413 g/mol. The normalized spacial score (nSPS) is 18.8. The molecule has 0 radical (unpaired) electrons. The summed E-state index contributed by atoms with van der Waals surface area (Å²) in [5, 5.41) is 7.12. The van der Waals surface area contributed by atoms with Crippen molar-refractivity contribution in [1.82, 2.24) is 9.80 Å². The number of carboxylic acids is 1. The molecule has 1 aliphatic rings. The van der Waals surface area contributed by atoms with Crippen molar-refractivity contribution < 1.29 is 32.3 Å². The van der Waals surface area contributed by atoms with E-state index in [4.69, 9.17) is 14.3 Å². The number of likely N-dealkylation sites (tertiary alicyclic amines) is 1. The van der Waals surface area contributed by atoms with Gasteiger partial charge in [0.25, 0.3) is 5.91 Å². The summed E-state index contributed by atoms with van der Waals surface area (Å²) in [6, 6.07) is 13.2. The minimum Gasteiger partial charge on any atom is -0.475 e. The number of carboxylic acid groups (broad SMARTS) is 1. The van der Waals surface area contributed by atoms with Crippen molar-refractivity contribution in [3.8, 4) is 0 Å². The van der Waals surface area contributed by atoms with E-state index in [9.17, 15) is 18.0 Å². The average Bonchev–Trinajstić information content (AvgIpc) is 3.38. The van der Waals surface area contributed by atoms with Crippen molar-refractivity contribution in [1.29, 1.82) is 0 Å². The van der Waals surface area contributed by atoms with Gasteiger partial charge in [-0.05, 0) is 45.4 Å². The Balaban J connectivity index is 0.000000423. The van der Waals surface area contributed by atoms with E-state index >= 15 is 0 Å². The van der Waals surface area contributed by atoms with Crippen LogP contribution in [0.2, 0.25) is 0 Å². The Morgan fingerprint density at radius 2 is 1.84 bits per heavy atom. The summed E-state index contributed by atoms with van der Waals surface area (Å²) in [4.78, 5) is 26.2. The highest BCUT2D eigenvalue weighted by atomic mass is 19.4. The first kappa shape index (κ1) is 24.5. The number of rotatable bonds is 5. The van der Waals surface area contributed by atoms with Crippen LogP contribution < -0.4 is 0 Å². The van der Waals surface area contributed by atoms with Crippen LogP contribution in [0.15, 0.2) is 53.3 Å². The summed E-state index contributed by atoms with van der Waals surface area (Å²) in [6.45, 7) is 5.21. The lowest BCUT2D eigenvalue weighted by Gasteiger charge is -2.35. The molecule has 0 spiro atoms. The lowest BCUT2D eigenvalue weighted by Crippen LogP contribution is -2.48. The third-order valence-corrected chi connectivity index (χ3v) is 5.41. The Kier molecular flexibility index (Phi) is 8.27. The van der Waals surface area contributed by atoms with E-state index in [0.717, 1.165) is 19.4 Å². The van der Waals surface area contributed by atoms with Crippen LogP contribution in [0, 0.1) is 0 Å². The van der Waals surface area contributed by atoms with Crippen LogP contribution in [0.3, 0.4) is 0 Å². The Labute approximate surface area is 179 Å². The van der Waals surface area contributed by atoms with Crippen LogP contribution >= 0.6 is 0 Å². The summed E-state index contributed by atoms with van der Waals surface area (Å²) in [6.07, 6.45) is -0.0867. The maximum absolute atomic E-state index is 12.9. The average molecular weight is 440 g/mol. The number of amides is 1. The van der Waals surface area contributed by atoms with Gasteiger partial charge in [0.05, 0.1) is 17.9 Å². The van der Waals surface area contributed by atoms with Gasteiger partial charge in [0, 0.05) is 18.6 Å². The largest absolute Gasteiger partial charge is 0.490 e. The fraction of sp³-hybridized carbons (Fsp3) is 0.455. The molecule has 2 aromatic rings. The molecule has 1 N–H and O–H groups in total. The number of nitrogens with zero attached hydrogens (tertiary/aromatic N) is 2. The zero-order chi connectivity index (χ0) is 23.2. The molecule has 170 valence electrons. The minimum atomic E-state index is -5.08. The highest BCUT2D eigenvalue weighted by molar-refractivity contribution is 5.94. The molecule has 1 saturated heterocycles. The number of carbonyl (C=O) groups is 2. The van der Waals surface area contributed by atoms with Crippen LogP contribution in [-0.2, 0) is 11.2 Å². The van der Waals surface area contributed by atoms with Gasteiger partial charge in [-0.3, -0.25) is 9.69 Å². The summed E-state index contributed by atoms with van der Waals surface area (Å²) in [5.74, 6) is -2.68.